The van der Waals surface area contributed by atoms with Gasteiger partial charge in [-0.1, -0.05) is 22.0 Å². The Morgan fingerprint density at radius 3 is 2.93 bits per heavy atom. The van der Waals surface area contributed by atoms with E-state index in [9.17, 15) is 0 Å². The Bertz CT molecular complexity index is 374. The van der Waals surface area contributed by atoms with E-state index in [4.69, 9.17) is 0 Å². The normalized spacial score (nSPS) is 24.5. The minimum atomic E-state index is 0.532. The number of anilines is 1. The molecule has 0 bridgehead atoms. The van der Waals surface area contributed by atoms with Crippen molar-refractivity contribution < 1.29 is 0 Å². The molecular weight excluding hydrogens is 252 g/mol. The molecule has 1 heterocycles. The largest absolute Gasteiger partial charge is 0.385 e. The number of hydrogen-bond acceptors (Lipinski definition) is 2. The van der Waals surface area contributed by atoms with E-state index in [1.54, 1.807) is 0 Å². The lowest BCUT2D eigenvalue weighted by molar-refractivity contribution is 0.496. The molecule has 0 spiro atoms. The van der Waals surface area contributed by atoms with Crippen molar-refractivity contribution in [3.8, 4) is 0 Å². The summed E-state index contributed by atoms with van der Waals surface area (Å²) in [6.45, 7) is 1.08. The molecule has 1 aliphatic heterocycles. The lowest BCUT2D eigenvalue weighted by Crippen LogP contribution is -2.29. The summed E-state index contributed by atoms with van der Waals surface area (Å²) < 4.78 is 1.23. The summed E-state index contributed by atoms with van der Waals surface area (Å²) in [5.74, 6) is 0. The maximum absolute atomic E-state index is 3.72. The predicted octanol–water partition coefficient (Wildman–Crippen LogP) is 3.06. The zero-order valence-corrected chi connectivity index (χ0v) is 10.2. The molecule has 1 aliphatic carbocycles. The van der Waals surface area contributed by atoms with Crippen molar-refractivity contribution in [3.05, 3.63) is 28.2 Å². The van der Waals surface area contributed by atoms with E-state index >= 15 is 0 Å². The third-order valence-electron chi connectivity index (χ3n) is 3.16. The first kappa shape index (κ1) is 9.67. The van der Waals surface area contributed by atoms with Crippen molar-refractivity contribution in [2.45, 2.75) is 31.3 Å². The van der Waals surface area contributed by atoms with E-state index < -0.39 is 0 Å². The quantitative estimate of drug-likeness (QED) is 0.860. The molecule has 15 heavy (non-hydrogen) atoms. The molecule has 1 aromatic rings. The van der Waals surface area contributed by atoms with Gasteiger partial charge in [-0.05, 0) is 31.4 Å². The summed E-state index contributed by atoms with van der Waals surface area (Å²) in [6, 6.07) is 7.70. The van der Waals surface area contributed by atoms with Gasteiger partial charge in [0, 0.05) is 34.4 Å². The minimum Gasteiger partial charge on any atom is -0.385 e. The lowest BCUT2D eigenvalue weighted by Gasteiger charge is -2.28. The van der Waals surface area contributed by atoms with Gasteiger partial charge < -0.3 is 10.6 Å². The van der Waals surface area contributed by atoms with Crippen LogP contribution in [-0.4, -0.2) is 12.6 Å². The van der Waals surface area contributed by atoms with Crippen molar-refractivity contribution in [1.29, 1.82) is 0 Å². The van der Waals surface area contributed by atoms with Crippen LogP contribution in [0.2, 0.25) is 0 Å². The number of halogens is 1. The highest BCUT2D eigenvalue weighted by molar-refractivity contribution is 9.10. The molecule has 2 N–H and O–H groups in total. The Hall–Kier alpha value is -0.540. The SMILES string of the molecule is Brc1cccc2c1C(NC1CC1)CCN2. The standard InChI is InChI=1S/C12H15BrN2/c13-9-2-1-3-10-12(9)11(6-7-14-10)15-8-4-5-8/h1-3,8,11,14-15H,4-7H2. The first-order valence-electron chi connectivity index (χ1n) is 5.63. The summed E-state index contributed by atoms with van der Waals surface area (Å²) in [4.78, 5) is 0. The molecule has 1 fully saturated rings. The Morgan fingerprint density at radius 2 is 2.13 bits per heavy atom. The average molecular weight is 267 g/mol. The zero-order valence-electron chi connectivity index (χ0n) is 8.59. The van der Waals surface area contributed by atoms with Crippen LogP contribution in [0.3, 0.4) is 0 Å². The molecule has 1 aromatic carbocycles. The van der Waals surface area contributed by atoms with E-state index in [-0.39, 0.29) is 0 Å². The van der Waals surface area contributed by atoms with Gasteiger partial charge in [0.25, 0.3) is 0 Å². The summed E-state index contributed by atoms with van der Waals surface area (Å²) in [5.41, 5.74) is 2.70. The van der Waals surface area contributed by atoms with Crippen LogP contribution in [0, 0.1) is 0 Å². The predicted molar refractivity (Wildman–Crippen MR) is 66.1 cm³/mol. The second-order valence-electron chi connectivity index (χ2n) is 4.41. The maximum atomic E-state index is 3.72. The molecule has 3 heteroatoms. The zero-order chi connectivity index (χ0) is 10.3. The van der Waals surface area contributed by atoms with Gasteiger partial charge in [0.15, 0.2) is 0 Å². The third kappa shape index (κ3) is 1.91. The van der Waals surface area contributed by atoms with Gasteiger partial charge in [-0.25, -0.2) is 0 Å². The number of nitrogens with one attached hydrogen (secondary N) is 2. The molecule has 80 valence electrons. The molecule has 1 atom stereocenters. The van der Waals surface area contributed by atoms with E-state index in [1.165, 1.54) is 35.0 Å². The van der Waals surface area contributed by atoms with Crippen LogP contribution < -0.4 is 10.6 Å². The summed E-state index contributed by atoms with van der Waals surface area (Å²) in [6.07, 6.45) is 3.89. The van der Waals surface area contributed by atoms with E-state index in [0.717, 1.165) is 12.6 Å². The first-order valence-corrected chi connectivity index (χ1v) is 6.42. The fourth-order valence-electron chi connectivity index (χ4n) is 2.24. The Labute approximate surface area is 98.6 Å². The van der Waals surface area contributed by atoms with Gasteiger partial charge in [0.1, 0.15) is 0 Å². The second kappa shape index (κ2) is 3.80. The monoisotopic (exact) mass is 266 g/mol. The Kier molecular flexibility index (Phi) is 2.45. The number of fused-ring (bicyclic) bond motifs is 1. The molecular formula is C12H15BrN2. The fraction of sp³-hybridized carbons (Fsp3) is 0.500. The molecule has 0 amide bonds. The van der Waals surface area contributed by atoms with Crippen molar-refractivity contribution in [2.75, 3.05) is 11.9 Å². The van der Waals surface area contributed by atoms with Crippen LogP contribution in [-0.2, 0) is 0 Å². The number of rotatable bonds is 2. The van der Waals surface area contributed by atoms with Crippen molar-refractivity contribution >= 4 is 21.6 Å². The summed E-state index contributed by atoms with van der Waals surface area (Å²) >= 11 is 3.65. The van der Waals surface area contributed by atoms with Crippen LogP contribution in [0.1, 0.15) is 30.9 Å². The van der Waals surface area contributed by atoms with Crippen molar-refractivity contribution in [1.82, 2.24) is 5.32 Å². The van der Waals surface area contributed by atoms with Crippen LogP contribution in [0.4, 0.5) is 5.69 Å². The van der Waals surface area contributed by atoms with Crippen molar-refractivity contribution in [3.63, 3.8) is 0 Å². The van der Waals surface area contributed by atoms with Crippen molar-refractivity contribution in [2.24, 2.45) is 0 Å². The molecule has 0 saturated heterocycles. The topological polar surface area (TPSA) is 24.1 Å². The molecule has 3 rings (SSSR count). The highest BCUT2D eigenvalue weighted by Gasteiger charge is 2.29. The van der Waals surface area contributed by atoms with Gasteiger partial charge in [0.05, 0.1) is 0 Å². The van der Waals surface area contributed by atoms with E-state index in [1.807, 2.05) is 0 Å². The summed E-state index contributed by atoms with van der Waals surface area (Å²) in [7, 11) is 0. The van der Waals surface area contributed by atoms with Gasteiger partial charge >= 0.3 is 0 Å². The van der Waals surface area contributed by atoms with Crippen LogP contribution >= 0.6 is 15.9 Å². The fourth-order valence-corrected chi connectivity index (χ4v) is 2.88. The molecule has 1 saturated carbocycles. The molecule has 1 unspecified atom stereocenters. The Balaban J connectivity index is 1.93. The molecule has 2 nitrogen and oxygen atoms in total. The van der Waals surface area contributed by atoms with E-state index in [2.05, 4.69) is 44.8 Å². The Morgan fingerprint density at radius 1 is 1.27 bits per heavy atom. The number of hydrogen-bond donors (Lipinski definition) is 2. The third-order valence-corrected chi connectivity index (χ3v) is 3.86. The highest BCUT2D eigenvalue weighted by atomic mass is 79.9. The van der Waals surface area contributed by atoms with Gasteiger partial charge in [-0.3, -0.25) is 0 Å². The smallest absolute Gasteiger partial charge is 0.0400 e. The minimum absolute atomic E-state index is 0.532. The van der Waals surface area contributed by atoms with E-state index in [0.29, 0.717) is 6.04 Å². The second-order valence-corrected chi connectivity index (χ2v) is 5.26. The molecule has 0 radical (unpaired) electrons. The average Bonchev–Trinajstić information content (AvgIpc) is 3.02. The first-order chi connectivity index (χ1) is 7.34. The van der Waals surface area contributed by atoms with Gasteiger partial charge in [0.2, 0.25) is 0 Å². The summed E-state index contributed by atoms with van der Waals surface area (Å²) in [5, 5.41) is 7.18. The number of benzene rings is 1. The van der Waals surface area contributed by atoms with Crippen LogP contribution in [0.25, 0.3) is 0 Å². The molecule has 2 aliphatic rings. The van der Waals surface area contributed by atoms with Crippen LogP contribution in [0.15, 0.2) is 22.7 Å². The maximum Gasteiger partial charge on any atom is 0.0400 e. The van der Waals surface area contributed by atoms with Gasteiger partial charge in [-0.2, -0.15) is 0 Å². The van der Waals surface area contributed by atoms with Gasteiger partial charge in [-0.15, -0.1) is 0 Å². The van der Waals surface area contributed by atoms with Crippen LogP contribution in [0.5, 0.6) is 0 Å². The molecule has 0 aromatic heterocycles. The lowest BCUT2D eigenvalue weighted by atomic mass is 9.98. The highest BCUT2D eigenvalue weighted by Crippen LogP contribution is 2.37.